The molecule has 2 heterocycles. The maximum Gasteiger partial charge on any atom is 0.124 e. The molecule has 1 aliphatic heterocycles. The Morgan fingerprint density at radius 1 is 1.40 bits per heavy atom. The standard InChI is InChI=1S/C16H19NO2S/c1-18-13-2-3-16-14(10-13)15(5-8-19-16)17-7-4-12-6-9-20-11-12/h2-3,6,9-11,15,17H,4-5,7-8H2,1H3. The fourth-order valence-corrected chi connectivity index (χ4v) is 3.24. The van der Waals surface area contributed by atoms with Gasteiger partial charge in [0.2, 0.25) is 0 Å². The summed E-state index contributed by atoms with van der Waals surface area (Å²) in [5.74, 6) is 1.86. The number of nitrogens with one attached hydrogen (secondary N) is 1. The highest BCUT2D eigenvalue weighted by Gasteiger charge is 2.21. The van der Waals surface area contributed by atoms with Gasteiger partial charge < -0.3 is 14.8 Å². The van der Waals surface area contributed by atoms with E-state index in [2.05, 4.69) is 28.2 Å². The zero-order chi connectivity index (χ0) is 13.8. The van der Waals surface area contributed by atoms with Crippen molar-refractivity contribution in [2.75, 3.05) is 20.3 Å². The smallest absolute Gasteiger partial charge is 0.124 e. The lowest BCUT2D eigenvalue weighted by Gasteiger charge is -2.27. The minimum absolute atomic E-state index is 0.354. The molecule has 0 aliphatic carbocycles. The molecule has 0 bridgehead atoms. The largest absolute Gasteiger partial charge is 0.497 e. The van der Waals surface area contributed by atoms with Gasteiger partial charge >= 0.3 is 0 Å². The monoisotopic (exact) mass is 289 g/mol. The second-order valence-electron chi connectivity index (χ2n) is 4.93. The number of fused-ring (bicyclic) bond motifs is 1. The van der Waals surface area contributed by atoms with E-state index in [0.717, 1.165) is 37.5 Å². The summed E-state index contributed by atoms with van der Waals surface area (Å²) in [6, 6.07) is 8.57. The summed E-state index contributed by atoms with van der Waals surface area (Å²) >= 11 is 1.75. The molecule has 1 unspecified atom stereocenters. The maximum absolute atomic E-state index is 5.71. The van der Waals surface area contributed by atoms with Crippen LogP contribution < -0.4 is 14.8 Å². The summed E-state index contributed by atoms with van der Waals surface area (Å²) < 4.78 is 11.0. The molecule has 1 aliphatic rings. The molecule has 1 aromatic heterocycles. The Morgan fingerprint density at radius 2 is 2.35 bits per heavy atom. The molecule has 0 saturated carbocycles. The molecular weight excluding hydrogens is 270 g/mol. The Labute approximate surface area is 123 Å². The highest BCUT2D eigenvalue weighted by atomic mass is 32.1. The topological polar surface area (TPSA) is 30.5 Å². The maximum atomic E-state index is 5.71. The zero-order valence-corrected chi connectivity index (χ0v) is 12.4. The van der Waals surface area contributed by atoms with E-state index in [1.807, 2.05) is 12.1 Å². The quantitative estimate of drug-likeness (QED) is 0.915. The zero-order valence-electron chi connectivity index (χ0n) is 11.6. The molecule has 4 heteroatoms. The van der Waals surface area contributed by atoms with Crippen LogP contribution in [-0.2, 0) is 6.42 Å². The molecule has 20 heavy (non-hydrogen) atoms. The third kappa shape index (κ3) is 2.97. The molecule has 106 valence electrons. The van der Waals surface area contributed by atoms with E-state index in [4.69, 9.17) is 9.47 Å². The van der Waals surface area contributed by atoms with Crippen LogP contribution in [0.25, 0.3) is 0 Å². The van der Waals surface area contributed by atoms with E-state index in [-0.39, 0.29) is 0 Å². The van der Waals surface area contributed by atoms with Crippen LogP contribution in [0.3, 0.4) is 0 Å². The van der Waals surface area contributed by atoms with Crippen LogP contribution in [0.4, 0.5) is 0 Å². The van der Waals surface area contributed by atoms with E-state index < -0.39 is 0 Å². The highest BCUT2D eigenvalue weighted by Crippen LogP contribution is 2.34. The molecule has 0 fully saturated rings. The minimum Gasteiger partial charge on any atom is -0.497 e. The van der Waals surface area contributed by atoms with Crippen molar-refractivity contribution in [3.8, 4) is 11.5 Å². The molecule has 3 rings (SSSR count). The molecule has 3 nitrogen and oxygen atoms in total. The predicted molar refractivity (Wildman–Crippen MR) is 81.9 cm³/mol. The van der Waals surface area contributed by atoms with Crippen LogP contribution >= 0.6 is 11.3 Å². The van der Waals surface area contributed by atoms with E-state index in [0.29, 0.717) is 6.04 Å². The van der Waals surface area contributed by atoms with Gasteiger partial charge in [-0.25, -0.2) is 0 Å². The molecule has 0 spiro atoms. The first kappa shape index (κ1) is 13.5. The fourth-order valence-electron chi connectivity index (χ4n) is 2.54. The first-order valence-corrected chi connectivity index (χ1v) is 7.86. The van der Waals surface area contributed by atoms with Crippen LogP contribution in [-0.4, -0.2) is 20.3 Å². The lowest BCUT2D eigenvalue weighted by molar-refractivity contribution is 0.252. The lowest BCUT2D eigenvalue weighted by Crippen LogP contribution is -2.28. The molecule has 1 atom stereocenters. The average Bonchev–Trinajstić information content (AvgIpc) is 3.00. The Kier molecular flexibility index (Phi) is 4.23. The molecule has 1 N–H and O–H groups in total. The second kappa shape index (κ2) is 6.29. The summed E-state index contributed by atoms with van der Waals surface area (Å²) in [7, 11) is 1.70. The van der Waals surface area contributed by atoms with Crippen LogP contribution in [0.5, 0.6) is 11.5 Å². The normalized spacial score (nSPS) is 17.4. The second-order valence-corrected chi connectivity index (χ2v) is 5.71. The van der Waals surface area contributed by atoms with Crippen molar-refractivity contribution in [2.45, 2.75) is 18.9 Å². The van der Waals surface area contributed by atoms with Gasteiger partial charge in [0.15, 0.2) is 0 Å². The first-order chi connectivity index (χ1) is 9.86. The van der Waals surface area contributed by atoms with Gasteiger partial charge in [-0.1, -0.05) is 0 Å². The van der Waals surface area contributed by atoms with Gasteiger partial charge in [0.25, 0.3) is 0 Å². The first-order valence-electron chi connectivity index (χ1n) is 6.92. The van der Waals surface area contributed by atoms with Crippen molar-refractivity contribution in [1.29, 1.82) is 0 Å². The van der Waals surface area contributed by atoms with Gasteiger partial charge in [-0.2, -0.15) is 11.3 Å². The van der Waals surface area contributed by atoms with Crippen molar-refractivity contribution in [3.05, 3.63) is 46.2 Å². The number of hydrogen-bond acceptors (Lipinski definition) is 4. The summed E-state index contributed by atoms with van der Waals surface area (Å²) in [6.45, 7) is 1.76. The van der Waals surface area contributed by atoms with Gasteiger partial charge in [-0.05, 0) is 53.6 Å². The molecule has 0 radical (unpaired) electrons. The Bertz CT molecular complexity index is 554. The number of methoxy groups -OCH3 is 1. The third-order valence-corrected chi connectivity index (χ3v) is 4.37. The fraction of sp³-hybridized carbons (Fsp3) is 0.375. The number of thiophene rings is 1. The van der Waals surface area contributed by atoms with Crippen LogP contribution in [0.2, 0.25) is 0 Å². The SMILES string of the molecule is COc1ccc2c(c1)C(NCCc1ccsc1)CCO2. The van der Waals surface area contributed by atoms with Crippen LogP contribution in [0.1, 0.15) is 23.6 Å². The van der Waals surface area contributed by atoms with Crippen molar-refractivity contribution in [3.63, 3.8) is 0 Å². The lowest BCUT2D eigenvalue weighted by atomic mass is 10.00. The molecule has 2 aromatic rings. The Balaban J connectivity index is 1.66. The summed E-state index contributed by atoms with van der Waals surface area (Å²) in [5, 5.41) is 7.98. The summed E-state index contributed by atoms with van der Waals surface area (Å²) in [5.41, 5.74) is 2.61. The molecule has 1 aromatic carbocycles. The van der Waals surface area contributed by atoms with E-state index in [1.165, 1.54) is 11.1 Å². The van der Waals surface area contributed by atoms with Gasteiger partial charge in [-0.15, -0.1) is 0 Å². The van der Waals surface area contributed by atoms with Crippen molar-refractivity contribution in [1.82, 2.24) is 5.32 Å². The number of rotatable bonds is 5. The highest BCUT2D eigenvalue weighted by molar-refractivity contribution is 7.07. The summed E-state index contributed by atoms with van der Waals surface area (Å²) in [6.07, 6.45) is 2.07. The Hall–Kier alpha value is -1.52. The number of benzene rings is 1. The van der Waals surface area contributed by atoms with Crippen molar-refractivity contribution < 1.29 is 9.47 Å². The molecule has 0 amide bonds. The minimum atomic E-state index is 0.354. The molecule has 0 saturated heterocycles. The van der Waals surface area contributed by atoms with Gasteiger partial charge in [0.05, 0.1) is 13.7 Å². The van der Waals surface area contributed by atoms with Crippen LogP contribution in [0.15, 0.2) is 35.0 Å². The van der Waals surface area contributed by atoms with Gasteiger partial charge in [0.1, 0.15) is 11.5 Å². The summed E-state index contributed by atoms with van der Waals surface area (Å²) in [4.78, 5) is 0. The van der Waals surface area contributed by atoms with E-state index >= 15 is 0 Å². The van der Waals surface area contributed by atoms with Gasteiger partial charge in [-0.3, -0.25) is 0 Å². The molecular formula is C16H19NO2S. The van der Waals surface area contributed by atoms with Crippen molar-refractivity contribution >= 4 is 11.3 Å². The third-order valence-electron chi connectivity index (χ3n) is 3.64. The van der Waals surface area contributed by atoms with E-state index in [1.54, 1.807) is 18.4 Å². The Morgan fingerprint density at radius 3 is 3.15 bits per heavy atom. The average molecular weight is 289 g/mol. The van der Waals surface area contributed by atoms with Gasteiger partial charge in [0, 0.05) is 18.0 Å². The van der Waals surface area contributed by atoms with Crippen LogP contribution in [0, 0.1) is 0 Å². The van der Waals surface area contributed by atoms with E-state index in [9.17, 15) is 0 Å². The van der Waals surface area contributed by atoms with Crippen molar-refractivity contribution in [2.24, 2.45) is 0 Å². The number of hydrogen-bond donors (Lipinski definition) is 1. The number of ether oxygens (including phenoxy) is 2. The predicted octanol–water partition coefficient (Wildman–Crippen LogP) is 3.41.